The molecule has 2 aromatic carbocycles. The van der Waals surface area contributed by atoms with Crippen LogP contribution in [0.25, 0.3) is 11.1 Å². The molecular formula is C27H32N2O5. The minimum Gasteiger partial charge on any atom is -0.480 e. The number of nitrogens with one attached hydrogen (secondary N) is 2. The molecule has 1 saturated carbocycles. The Kier molecular flexibility index (Phi) is 6.64. The molecule has 2 atom stereocenters. The molecule has 2 aliphatic carbocycles. The fourth-order valence-corrected chi connectivity index (χ4v) is 4.78. The van der Waals surface area contributed by atoms with E-state index in [1.165, 1.54) is 0 Å². The van der Waals surface area contributed by atoms with Crippen molar-refractivity contribution in [3.63, 3.8) is 0 Å². The number of carboxylic acids is 1. The highest BCUT2D eigenvalue weighted by molar-refractivity contribution is 5.88. The van der Waals surface area contributed by atoms with Gasteiger partial charge >= 0.3 is 12.1 Å². The van der Waals surface area contributed by atoms with Crippen molar-refractivity contribution in [1.29, 1.82) is 0 Å². The highest BCUT2D eigenvalue weighted by Gasteiger charge is 2.48. The highest BCUT2D eigenvalue weighted by atomic mass is 16.5. The normalized spacial score (nSPS) is 17.3. The standard InChI is InChI=1S/C27H32N2O5/c1-16(2)23(14-24(30)29-27(3,25(31)32)17-12-13-17)28-26(33)34-15-22-20-10-6-4-8-18(20)19-9-5-7-11-21(19)22/h4-11,16-17,22-23H,12-15H2,1-3H3,(H,28,33)(H,29,30)(H,31,32)/t23-,27?/m0/s1. The zero-order valence-corrected chi connectivity index (χ0v) is 19.8. The fraction of sp³-hybridized carbons (Fsp3) is 0.444. The van der Waals surface area contributed by atoms with Crippen LogP contribution in [0.5, 0.6) is 0 Å². The van der Waals surface area contributed by atoms with Gasteiger partial charge in [0.25, 0.3) is 0 Å². The van der Waals surface area contributed by atoms with E-state index < -0.39 is 29.6 Å². The van der Waals surface area contributed by atoms with E-state index in [0.717, 1.165) is 35.1 Å². The van der Waals surface area contributed by atoms with Gasteiger partial charge in [-0.3, -0.25) is 4.79 Å². The van der Waals surface area contributed by atoms with E-state index in [0.29, 0.717) is 0 Å². The Morgan fingerprint density at radius 1 is 1.03 bits per heavy atom. The zero-order chi connectivity index (χ0) is 24.5. The average Bonchev–Trinajstić information content (AvgIpc) is 3.61. The smallest absolute Gasteiger partial charge is 0.407 e. The molecule has 34 heavy (non-hydrogen) atoms. The van der Waals surface area contributed by atoms with Crippen molar-refractivity contribution in [2.24, 2.45) is 11.8 Å². The summed E-state index contributed by atoms with van der Waals surface area (Å²) in [7, 11) is 0. The molecule has 2 amide bonds. The zero-order valence-electron chi connectivity index (χ0n) is 19.8. The molecule has 0 spiro atoms. The topological polar surface area (TPSA) is 105 Å². The van der Waals surface area contributed by atoms with Crippen LogP contribution in [0.1, 0.15) is 57.1 Å². The predicted molar refractivity (Wildman–Crippen MR) is 128 cm³/mol. The number of hydrogen-bond donors (Lipinski definition) is 3. The van der Waals surface area contributed by atoms with Gasteiger partial charge in [-0.2, -0.15) is 0 Å². The van der Waals surface area contributed by atoms with Gasteiger partial charge in [-0.1, -0.05) is 62.4 Å². The SMILES string of the molecule is CC(C)[C@H](CC(=O)NC(C)(C(=O)O)C1CC1)NC(=O)OCC1c2ccccc2-c2ccccc21. The maximum atomic E-state index is 12.7. The number of benzene rings is 2. The Bertz CT molecular complexity index is 1050. The van der Waals surface area contributed by atoms with Crippen LogP contribution in [0.15, 0.2) is 48.5 Å². The first-order valence-corrected chi connectivity index (χ1v) is 11.9. The van der Waals surface area contributed by atoms with Crippen LogP contribution in [0, 0.1) is 11.8 Å². The minimum absolute atomic E-state index is 0.0164. The quantitative estimate of drug-likeness (QED) is 0.513. The summed E-state index contributed by atoms with van der Waals surface area (Å²) in [5, 5.41) is 15.1. The third-order valence-corrected chi connectivity index (χ3v) is 7.09. The summed E-state index contributed by atoms with van der Waals surface area (Å²) in [6.07, 6.45) is 0.970. The number of carbonyl (C=O) groups is 3. The Morgan fingerprint density at radius 3 is 2.09 bits per heavy atom. The summed E-state index contributed by atoms with van der Waals surface area (Å²) < 4.78 is 5.61. The van der Waals surface area contributed by atoms with Gasteiger partial charge in [-0.05, 0) is 53.9 Å². The second kappa shape index (κ2) is 9.49. The Morgan fingerprint density at radius 2 is 1.59 bits per heavy atom. The van der Waals surface area contributed by atoms with Gasteiger partial charge in [0.2, 0.25) is 5.91 Å². The molecule has 2 aliphatic rings. The van der Waals surface area contributed by atoms with E-state index >= 15 is 0 Å². The van der Waals surface area contributed by atoms with Crippen LogP contribution < -0.4 is 10.6 Å². The molecule has 2 aromatic rings. The Labute approximate surface area is 199 Å². The fourth-order valence-electron chi connectivity index (χ4n) is 4.78. The first kappa shape index (κ1) is 23.8. The minimum atomic E-state index is -1.28. The maximum absolute atomic E-state index is 12.7. The molecule has 0 heterocycles. The maximum Gasteiger partial charge on any atom is 0.407 e. The van der Waals surface area contributed by atoms with Crippen molar-refractivity contribution < 1.29 is 24.2 Å². The number of fused-ring (bicyclic) bond motifs is 3. The van der Waals surface area contributed by atoms with E-state index in [4.69, 9.17) is 4.74 Å². The summed E-state index contributed by atoms with van der Waals surface area (Å²) in [4.78, 5) is 37.1. The molecule has 4 rings (SSSR count). The van der Waals surface area contributed by atoms with Crippen molar-refractivity contribution in [2.75, 3.05) is 6.61 Å². The lowest BCUT2D eigenvalue weighted by molar-refractivity contribution is -0.148. The number of rotatable bonds is 9. The van der Waals surface area contributed by atoms with Gasteiger partial charge in [0, 0.05) is 18.4 Å². The Hall–Kier alpha value is -3.35. The monoisotopic (exact) mass is 464 g/mol. The molecule has 1 unspecified atom stereocenters. The number of carboxylic acid groups (broad SMARTS) is 1. The van der Waals surface area contributed by atoms with Crippen LogP contribution in [-0.2, 0) is 14.3 Å². The summed E-state index contributed by atoms with van der Waals surface area (Å²) >= 11 is 0. The lowest BCUT2D eigenvalue weighted by Gasteiger charge is -2.28. The van der Waals surface area contributed by atoms with Crippen molar-refractivity contribution in [3.8, 4) is 11.1 Å². The van der Waals surface area contributed by atoms with Gasteiger partial charge in [0.05, 0.1) is 0 Å². The van der Waals surface area contributed by atoms with E-state index in [2.05, 4.69) is 34.9 Å². The van der Waals surface area contributed by atoms with E-state index in [9.17, 15) is 19.5 Å². The van der Waals surface area contributed by atoms with Gasteiger partial charge in [-0.15, -0.1) is 0 Å². The van der Waals surface area contributed by atoms with Crippen LogP contribution in [-0.4, -0.2) is 41.3 Å². The van der Waals surface area contributed by atoms with Crippen molar-refractivity contribution >= 4 is 18.0 Å². The molecule has 0 aromatic heterocycles. The summed E-state index contributed by atoms with van der Waals surface area (Å²) in [6, 6.07) is 15.8. The van der Waals surface area contributed by atoms with Crippen LogP contribution >= 0.6 is 0 Å². The summed E-state index contributed by atoms with van der Waals surface area (Å²) in [6.45, 7) is 5.54. The largest absolute Gasteiger partial charge is 0.480 e. The Balaban J connectivity index is 1.37. The number of carbonyl (C=O) groups excluding carboxylic acids is 2. The second-order valence-electron chi connectivity index (χ2n) is 9.85. The molecule has 0 radical (unpaired) electrons. The summed E-state index contributed by atoms with van der Waals surface area (Å²) in [5.74, 6) is -1.57. The predicted octanol–water partition coefficient (Wildman–Crippen LogP) is 4.31. The number of hydrogen-bond acceptors (Lipinski definition) is 4. The van der Waals surface area contributed by atoms with E-state index in [1.54, 1.807) is 6.92 Å². The number of alkyl carbamates (subject to hydrolysis) is 1. The molecule has 7 nitrogen and oxygen atoms in total. The van der Waals surface area contributed by atoms with Crippen molar-refractivity contribution in [1.82, 2.24) is 10.6 Å². The molecule has 180 valence electrons. The molecule has 1 fully saturated rings. The van der Waals surface area contributed by atoms with E-state index in [-0.39, 0.29) is 30.8 Å². The van der Waals surface area contributed by atoms with Crippen LogP contribution in [0.4, 0.5) is 4.79 Å². The molecule has 0 saturated heterocycles. The summed E-state index contributed by atoms with van der Waals surface area (Å²) in [5.41, 5.74) is 3.29. The van der Waals surface area contributed by atoms with Gasteiger partial charge in [-0.25, -0.2) is 9.59 Å². The van der Waals surface area contributed by atoms with E-state index in [1.807, 2.05) is 38.1 Å². The molecule has 7 heteroatoms. The third-order valence-electron chi connectivity index (χ3n) is 7.09. The second-order valence-corrected chi connectivity index (χ2v) is 9.85. The number of amides is 2. The van der Waals surface area contributed by atoms with Gasteiger partial charge < -0.3 is 20.5 Å². The lowest BCUT2D eigenvalue weighted by Crippen LogP contribution is -2.55. The lowest BCUT2D eigenvalue weighted by atomic mass is 9.94. The number of aliphatic carboxylic acids is 1. The van der Waals surface area contributed by atoms with Crippen molar-refractivity contribution in [3.05, 3.63) is 59.7 Å². The molecule has 0 aliphatic heterocycles. The first-order valence-electron chi connectivity index (χ1n) is 11.9. The van der Waals surface area contributed by atoms with Gasteiger partial charge in [0.1, 0.15) is 12.1 Å². The highest BCUT2D eigenvalue weighted by Crippen LogP contribution is 2.44. The van der Waals surface area contributed by atoms with Crippen LogP contribution in [0.3, 0.4) is 0 Å². The molecule has 3 N–H and O–H groups in total. The van der Waals surface area contributed by atoms with Crippen molar-refractivity contribution in [2.45, 2.75) is 57.5 Å². The van der Waals surface area contributed by atoms with Crippen LogP contribution in [0.2, 0.25) is 0 Å². The van der Waals surface area contributed by atoms with Gasteiger partial charge in [0.15, 0.2) is 0 Å². The third kappa shape index (κ3) is 4.79. The average molecular weight is 465 g/mol. The first-order chi connectivity index (χ1) is 16.2. The molecule has 0 bridgehead atoms. The number of ether oxygens (including phenoxy) is 1. The molecular weight excluding hydrogens is 432 g/mol.